The number of nitrogens with one attached hydrogen (secondary N) is 1. The SMILES string of the molecule is NC[C@@H](NC(=O)c1ccc(-c2nc(C3CCOCC3)cnc2N)cc1F)c1cc(F)cc(Cl)c1. The van der Waals surface area contributed by atoms with Gasteiger partial charge in [-0.1, -0.05) is 17.7 Å². The third kappa shape index (κ3) is 5.32. The van der Waals surface area contributed by atoms with Crippen LogP contribution in [0.3, 0.4) is 0 Å². The summed E-state index contributed by atoms with van der Waals surface area (Å²) in [6.07, 6.45) is 3.29. The zero-order chi connectivity index (χ0) is 24.2. The standard InChI is InChI=1S/C24H24ClF2N5O2/c25-16-7-15(8-17(26)10-16)20(11-28)32-24(33)18-2-1-14(9-19(18)27)22-23(29)30-12-21(31-22)13-3-5-34-6-4-13/h1-2,7-10,12-13,20H,3-6,11,28H2,(H2,29,30)(H,32,33)/t20-/m1/s1. The molecular formula is C24H24ClF2N5O2. The third-order valence-electron chi connectivity index (χ3n) is 5.77. The van der Waals surface area contributed by atoms with E-state index in [9.17, 15) is 13.6 Å². The van der Waals surface area contributed by atoms with E-state index in [0.29, 0.717) is 30.0 Å². The number of hydrogen-bond donors (Lipinski definition) is 3. The molecule has 5 N–H and O–H groups in total. The molecule has 2 heterocycles. The molecule has 0 radical (unpaired) electrons. The highest BCUT2D eigenvalue weighted by Gasteiger charge is 2.22. The number of carbonyl (C=O) groups is 1. The number of nitrogen functional groups attached to an aromatic ring is 1. The summed E-state index contributed by atoms with van der Waals surface area (Å²) in [5.41, 5.74) is 13.5. The zero-order valence-corrected chi connectivity index (χ0v) is 19.0. The van der Waals surface area contributed by atoms with Crippen LogP contribution in [0.4, 0.5) is 14.6 Å². The Kier molecular flexibility index (Phi) is 7.35. The van der Waals surface area contributed by atoms with E-state index < -0.39 is 23.6 Å². The van der Waals surface area contributed by atoms with Gasteiger partial charge < -0.3 is 21.5 Å². The second kappa shape index (κ2) is 10.4. The van der Waals surface area contributed by atoms with Gasteiger partial charge >= 0.3 is 0 Å². The molecule has 0 unspecified atom stereocenters. The van der Waals surface area contributed by atoms with E-state index in [1.54, 1.807) is 12.3 Å². The lowest BCUT2D eigenvalue weighted by atomic mass is 9.96. The van der Waals surface area contributed by atoms with Crippen molar-refractivity contribution in [2.24, 2.45) is 5.73 Å². The lowest BCUT2D eigenvalue weighted by Gasteiger charge is -2.22. The van der Waals surface area contributed by atoms with Crippen LogP contribution in [0.5, 0.6) is 0 Å². The summed E-state index contributed by atoms with van der Waals surface area (Å²) < 4.78 is 34.1. The Bertz CT molecular complexity index is 1180. The molecule has 34 heavy (non-hydrogen) atoms. The van der Waals surface area contributed by atoms with Gasteiger partial charge in [0.15, 0.2) is 0 Å². The average molecular weight is 488 g/mol. The monoisotopic (exact) mass is 487 g/mol. The fourth-order valence-corrected chi connectivity index (χ4v) is 4.18. The number of amides is 1. The number of aromatic nitrogens is 2. The Hall–Kier alpha value is -3.14. The molecule has 3 aromatic rings. The second-order valence-electron chi connectivity index (χ2n) is 8.07. The predicted octanol–water partition coefficient (Wildman–Crippen LogP) is 3.98. The van der Waals surface area contributed by atoms with E-state index in [0.717, 1.165) is 24.6 Å². The summed E-state index contributed by atoms with van der Waals surface area (Å²) >= 11 is 5.90. The third-order valence-corrected chi connectivity index (χ3v) is 5.99. The van der Waals surface area contributed by atoms with Crippen molar-refractivity contribution in [3.63, 3.8) is 0 Å². The Morgan fingerprint density at radius 1 is 1.21 bits per heavy atom. The van der Waals surface area contributed by atoms with Crippen molar-refractivity contribution in [3.8, 4) is 11.3 Å². The minimum absolute atomic E-state index is 0.0314. The van der Waals surface area contributed by atoms with Gasteiger partial charge in [-0.15, -0.1) is 0 Å². The minimum atomic E-state index is -0.763. The van der Waals surface area contributed by atoms with Gasteiger partial charge in [-0.05, 0) is 48.7 Å². The zero-order valence-electron chi connectivity index (χ0n) is 18.2. The van der Waals surface area contributed by atoms with Gasteiger partial charge in [-0.3, -0.25) is 4.79 Å². The number of ether oxygens (including phenoxy) is 1. The Morgan fingerprint density at radius 2 is 1.97 bits per heavy atom. The van der Waals surface area contributed by atoms with Crippen molar-refractivity contribution in [2.75, 3.05) is 25.5 Å². The van der Waals surface area contributed by atoms with Crippen LogP contribution in [0.15, 0.2) is 42.6 Å². The van der Waals surface area contributed by atoms with Crippen LogP contribution in [-0.2, 0) is 4.74 Å². The van der Waals surface area contributed by atoms with Crippen LogP contribution in [0.1, 0.15) is 46.4 Å². The lowest BCUT2D eigenvalue weighted by Crippen LogP contribution is -2.34. The van der Waals surface area contributed by atoms with Gasteiger partial charge in [0.1, 0.15) is 23.1 Å². The van der Waals surface area contributed by atoms with Gasteiger partial charge in [0, 0.05) is 36.3 Å². The normalized spacial score (nSPS) is 15.2. The topological polar surface area (TPSA) is 116 Å². The van der Waals surface area contributed by atoms with Crippen LogP contribution < -0.4 is 16.8 Å². The van der Waals surface area contributed by atoms with Crippen molar-refractivity contribution in [2.45, 2.75) is 24.8 Å². The second-order valence-corrected chi connectivity index (χ2v) is 8.51. The summed E-state index contributed by atoms with van der Waals surface area (Å²) in [4.78, 5) is 21.6. The molecule has 4 rings (SSSR count). The molecule has 1 fully saturated rings. The number of nitrogens with two attached hydrogens (primary N) is 2. The number of carbonyl (C=O) groups excluding carboxylic acids is 1. The van der Waals surface area contributed by atoms with E-state index in [1.807, 2.05) is 0 Å². The molecule has 7 nitrogen and oxygen atoms in total. The van der Waals surface area contributed by atoms with E-state index in [-0.39, 0.29) is 28.9 Å². The van der Waals surface area contributed by atoms with E-state index in [2.05, 4.69) is 15.3 Å². The Morgan fingerprint density at radius 3 is 2.65 bits per heavy atom. The van der Waals surface area contributed by atoms with E-state index in [4.69, 9.17) is 27.8 Å². The molecule has 0 aliphatic carbocycles. The van der Waals surface area contributed by atoms with Gasteiger partial charge in [0.05, 0.1) is 23.5 Å². The van der Waals surface area contributed by atoms with Crippen LogP contribution in [0.2, 0.25) is 5.02 Å². The number of anilines is 1. The van der Waals surface area contributed by atoms with Crippen LogP contribution in [0, 0.1) is 11.6 Å². The fourth-order valence-electron chi connectivity index (χ4n) is 3.95. The molecule has 1 aliphatic rings. The first-order valence-electron chi connectivity index (χ1n) is 10.8. The fraction of sp³-hybridized carbons (Fsp3) is 0.292. The number of nitrogens with zero attached hydrogens (tertiary/aromatic N) is 2. The molecule has 0 saturated carbocycles. The van der Waals surface area contributed by atoms with Crippen LogP contribution in [-0.4, -0.2) is 35.6 Å². The van der Waals surface area contributed by atoms with Crippen LogP contribution >= 0.6 is 11.6 Å². The predicted molar refractivity (Wildman–Crippen MR) is 125 cm³/mol. The summed E-state index contributed by atoms with van der Waals surface area (Å²) in [6.45, 7) is 1.27. The first kappa shape index (κ1) is 24.0. The molecular weight excluding hydrogens is 464 g/mol. The van der Waals surface area contributed by atoms with Gasteiger partial charge in [-0.25, -0.2) is 18.7 Å². The highest BCUT2D eigenvalue weighted by Crippen LogP contribution is 2.30. The summed E-state index contributed by atoms with van der Waals surface area (Å²) in [5, 5.41) is 2.79. The highest BCUT2D eigenvalue weighted by atomic mass is 35.5. The smallest absolute Gasteiger partial charge is 0.254 e. The Balaban J connectivity index is 1.56. The van der Waals surface area contributed by atoms with Gasteiger partial charge in [0.2, 0.25) is 0 Å². The van der Waals surface area contributed by atoms with Crippen molar-refractivity contribution >= 4 is 23.3 Å². The first-order chi connectivity index (χ1) is 16.4. The van der Waals surface area contributed by atoms with Crippen LogP contribution in [0.25, 0.3) is 11.3 Å². The van der Waals surface area contributed by atoms with Crippen molar-refractivity contribution in [1.29, 1.82) is 0 Å². The molecule has 10 heteroatoms. The molecule has 0 spiro atoms. The number of rotatable bonds is 6. The first-order valence-corrected chi connectivity index (χ1v) is 11.2. The molecule has 1 atom stereocenters. The largest absolute Gasteiger partial charge is 0.382 e. The molecule has 1 amide bonds. The molecule has 178 valence electrons. The van der Waals surface area contributed by atoms with E-state index in [1.165, 1.54) is 24.3 Å². The quantitative estimate of drug-likeness (QED) is 0.484. The lowest BCUT2D eigenvalue weighted by molar-refractivity contribution is 0.0844. The van der Waals surface area contributed by atoms with Gasteiger partial charge in [-0.2, -0.15) is 0 Å². The van der Waals surface area contributed by atoms with Gasteiger partial charge in [0.25, 0.3) is 5.91 Å². The van der Waals surface area contributed by atoms with Crippen molar-refractivity contribution < 1.29 is 18.3 Å². The molecule has 1 aliphatic heterocycles. The summed E-state index contributed by atoms with van der Waals surface area (Å²) in [6, 6.07) is 7.20. The average Bonchev–Trinajstić information content (AvgIpc) is 2.82. The highest BCUT2D eigenvalue weighted by molar-refractivity contribution is 6.30. The van der Waals surface area contributed by atoms with Crippen molar-refractivity contribution in [3.05, 3.63) is 76.1 Å². The summed E-state index contributed by atoms with van der Waals surface area (Å²) in [5.74, 6) is -1.67. The maximum absolute atomic E-state index is 15.0. The summed E-state index contributed by atoms with van der Waals surface area (Å²) in [7, 11) is 0. The number of hydrogen-bond acceptors (Lipinski definition) is 6. The van der Waals surface area contributed by atoms with Crippen molar-refractivity contribution in [1.82, 2.24) is 15.3 Å². The number of halogens is 3. The minimum Gasteiger partial charge on any atom is -0.382 e. The maximum atomic E-state index is 15.0. The maximum Gasteiger partial charge on any atom is 0.254 e. The molecule has 1 saturated heterocycles. The Labute approximate surface area is 200 Å². The number of benzene rings is 2. The molecule has 0 bridgehead atoms. The molecule has 2 aromatic carbocycles. The van der Waals surface area contributed by atoms with E-state index >= 15 is 0 Å². The molecule has 1 aromatic heterocycles.